The third kappa shape index (κ3) is 8.22. The number of anilines is 1. The van der Waals surface area contributed by atoms with E-state index in [0.29, 0.717) is 13.0 Å². The molecule has 0 aliphatic rings. The van der Waals surface area contributed by atoms with Gasteiger partial charge in [-0.05, 0) is 50.1 Å². The van der Waals surface area contributed by atoms with Gasteiger partial charge in [0, 0.05) is 31.9 Å². The lowest BCUT2D eigenvalue weighted by Crippen LogP contribution is -2.33. The molecular weight excluding hydrogens is 316 g/mol. The maximum absolute atomic E-state index is 11.8. The second kappa shape index (κ2) is 10.4. The van der Waals surface area contributed by atoms with Gasteiger partial charge in [0.05, 0.1) is 6.10 Å². The molecule has 5 nitrogen and oxygen atoms in total. The van der Waals surface area contributed by atoms with Crippen LogP contribution in [0.25, 0.3) is 0 Å². The summed E-state index contributed by atoms with van der Waals surface area (Å²) in [6, 6.07) is 6.88. The number of aliphatic hydroxyl groups is 1. The second-order valence-corrected chi connectivity index (χ2v) is 6.11. The molecule has 0 aliphatic carbocycles. The second-order valence-electron chi connectivity index (χ2n) is 6.11. The lowest BCUT2D eigenvalue weighted by molar-refractivity contribution is -0.117. The van der Waals surface area contributed by atoms with E-state index >= 15 is 0 Å². The number of benzene rings is 1. The molecule has 0 heterocycles. The summed E-state index contributed by atoms with van der Waals surface area (Å²) in [6.07, 6.45) is 5.00. The van der Waals surface area contributed by atoms with Crippen LogP contribution in [0.1, 0.15) is 20.3 Å². The minimum atomic E-state index is -0.623. The number of allylic oxidation sites excluding steroid dienone is 4. The normalized spacial score (nSPS) is 13.3. The lowest BCUT2D eigenvalue weighted by Gasteiger charge is -2.21. The molecule has 136 valence electrons. The average molecular weight is 344 g/mol. The number of carbonyl (C=O) groups is 1. The van der Waals surface area contributed by atoms with Crippen molar-refractivity contribution in [3.63, 3.8) is 0 Å². The number of aromatic hydroxyl groups is 1. The monoisotopic (exact) mass is 344 g/mol. The van der Waals surface area contributed by atoms with Gasteiger partial charge in [-0.3, -0.25) is 4.79 Å². The number of carbonyl (C=O) groups excluding carboxylic acids is 1. The number of rotatable bonds is 9. The van der Waals surface area contributed by atoms with E-state index in [1.165, 1.54) is 6.08 Å². The van der Waals surface area contributed by atoms with Gasteiger partial charge in [-0.1, -0.05) is 24.3 Å². The third-order valence-corrected chi connectivity index (χ3v) is 3.74. The van der Waals surface area contributed by atoms with E-state index in [-0.39, 0.29) is 18.2 Å². The molecule has 0 spiro atoms. The van der Waals surface area contributed by atoms with Gasteiger partial charge >= 0.3 is 0 Å². The maximum atomic E-state index is 11.8. The molecule has 1 aromatic carbocycles. The summed E-state index contributed by atoms with van der Waals surface area (Å²) < 4.78 is 0. The van der Waals surface area contributed by atoms with Crippen LogP contribution in [0.3, 0.4) is 0 Å². The number of hydrogen-bond acceptors (Lipinski definition) is 4. The zero-order chi connectivity index (χ0) is 18.8. The average Bonchev–Trinajstić information content (AvgIpc) is 2.58. The van der Waals surface area contributed by atoms with Crippen molar-refractivity contribution in [1.82, 2.24) is 5.32 Å². The standard InChI is InChI=1S/C20H28N2O3/c1-5-15(2)12-16(3)13-20(25)21-14-19(24)10-11-22(4)17-6-8-18(23)9-7-17/h5-9,12-13,19,23-24H,1,10-11,14H2,2-4H3,(H,21,25)/b15-12-,16-13-. The highest BCUT2D eigenvalue weighted by atomic mass is 16.3. The third-order valence-electron chi connectivity index (χ3n) is 3.74. The van der Waals surface area contributed by atoms with E-state index < -0.39 is 6.10 Å². The molecule has 5 heteroatoms. The van der Waals surface area contributed by atoms with Crippen molar-refractivity contribution >= 4 is 11.6 Å². The predicted octanol–water partition coefficient (Wildman–Crippen LogP) is 2.77. The Morgan fingerprint density at radius 3 is 2.48 bits per heavy atom. The molecule has 1 unspecified atom stereocenters. The predicted molar refractivity (Wildman–Crippen MR) is 103 cm³/mol. The number of nitrogens with zero attached hydrogens (tertiary/aromatic N) is 1. The molecule has 1 aromatic rings. The zero-order valence-electron chi connectivity index (χ0n) is 15.2. The van der Waals surface area contributed by atoms with E-state index in [1.807, 2.05) is 44.0 Å². The highest BCUT2D eigenvalue weighted by Crippen LogP contribution is 2.17. The van der Waals surface area contributed by atoms with Gasteiger partial charge in [0.25, 0.3) is 0 Å². The molecule has 0 radical (unpaired) electrons. The van der Waals surface area contributed by atoms with Gasteiger partial charge in [0.1, 0.15) is 5.75 Å². The first-order chi connectivity index (χ1) is 11.8. The van der Waals surface area contributed by atoms with E-state index in [0.717, 1.165) is 16.8 Å². The van der Waals surface area contributed by atoms with Crippen LogP contribution >= 0.6 is 0 Å². The van der Waals surface area contributed by atoms with Crippen molar-refractivity contribution < 1.29 is 15.0 Å². The summed E-state index contributed by atoms with van der Waals surface area (Å²) in [6.45, 7) is 8.27. The Bertz CT molecular complexity index is 633. The molecule has 1 amide bonds. The van der Waals surface area contributed by atoms with Crippen molar-refractivity contribution in [1.29, 1.82) is 0 Å². The van der Waals surface area contributed by atoms with Crippen LogP contribution in [-0.4, -0.2) is 42.4 Å². The minimum Gasteiger partial charge on any atom is -0.508 e. The van der Waals surface area contributed by atoms with Crippen molar-refractivity contribution in [3.8, 4) is 5.75 Å². The van der Waals surface area contributed by atoms with E-state index in [2.05, 4.69) is 11.9 Å². The Balaban J connectivity index is 2.38. The maximum Gasteiger partial charge on any atom is 0.244 e. The van der Waals surface area contributed by atoms with Crippen LogP contribution in [0.2, 0.25) is 0 Å². The summed E-state index contributed by atoms with van der Waals surface area (Å²) in [5.74, 6) is -0.00192. The molecule has 1 atom stereocenters. The van der Waals surface area contributed by atoms with Crippen LogP contribution in [0.5, 0.6) is 5.75 Å². The van der Waals surface area contributed by atoms with Crippen molar-refractivity contribution in [2.24, 2.45) is 0 Å². The first-order valence-corrected chi connectivity index (χ1v) is 8.27. The number of aliphatic hydroxyl groups excluding tert-OH is 1. The first kappa shape index (κ1) is 20.5. The Kier molecular flexibility index (Phi) is 8.50. The SMILES string of the molecule is C=C/C(C)=C\C(C)=C/C(=O)NCC(O)CCN(C)c1ccc(O)cc1. The fraction of sp³-hybridized carbons (Fsp3) is 0.350. The molecule has 0 saturated carbocycles. The number of hydrogen-bond donors (Lipinski definition) is 3. The number of phenolic OH excluding ortho intramolecular Hbond substituents is 1. The van der Waals surface area contributed by atoms with Crippen molar-refractivity contribution in [2.75, 3.05) is 25.0 Å². The first-order valence-electron chi connectivity index (χ1n) is 8.27. The van der Waals surface area contributed by atoms with Gasteiger partial charge in [0.2, 0.25) is 5.91 Å². The fourth-order valence-electron chi connectivity index (χ4n) is 2.22. The van der Waals surface area contributed by atoms with Crippen LogP contribution in [0.4, 0.5) is 5.69 Å². The smallest absolute Gasteiger partial charge is 0.244 e. The summed E-state index contributed by atoms with van der Waals surface area (Å²) in [5.41, 5.74) is 2.77. The van der Waals surface area contributed by atoms with Crippen LogP contribution < -0.4 is 10.2 Å². The molecule has 0 aromatic heterocycles. The van der Waals surface area contributed by atoms with Crippen LogP contribution in [0, 0.1) is 0 Å². The minimum absolute atomic E-state index is 0.205. The Morgan fingerprint density at radius 2 is 1.88 bits per heavy atom. The molecule has 0 fully saturated rings. The van der Waals surface area contributed by atoms with Crippen molar-refractivity contribution in [2.45, 2.75) is 26.4 Å². The summed E-state index contributed by atoms with van der Waals surface area (Å²) in [5, 5.41) is 22.0. The van der Waals surface area contributed by atoms with E-state index in [4.69, 9.17) is 0 Å². The number of amides is 1. The van der Waals surface area contributed by atoms with Crippen LogP contribution in [0.15, 0.2) is 60.2 Å². The summed E-state index contributed by atoms with van der Waals surface area (Å²) >= 11 is 0. The van der Waals surface area contributed by atoms with Gasteiger partial charge in [-0.25, -0.2) is 0 Å². The van der Waals surface area contributed by atoms with Crippen LogP contribution in [-0.2, 0) is 4.79 Å². The lowest BCUT2D eigenvalue weighted by atomic mass is 10.2. The molecule has 0 saturated heterocycles. The number of phenols is 1. The molecule has 0 aliphatic heterocycles. The zero-order valence-corrected chi connectivity index (χ0v) is 15.2. The number of nitrogens with one attached hydrogen (secondary N) is 1. The fourth-order valence-corrected chi connectivity index (χ4v) is 2.22. The highest BCUT2D eigenvalue weighted by Gasteiger charge is 2.08. The highest BCUT2D eigenvalue weighted by molar-refractivity contribution is 5.88. The molecule has 0 bridgehead atoms. The van der Waals surface area contributed by atoms with Gasteiger partial charge < -0.3 is 20.4 Å². The van der Waals surface area contributed by atoms with Gasteiger partial charge in [-0.15, -0.1) is 0 Å². The molecular formula is C20H28N2O3. The Hall–Kier alpha value is -2.53. The topological polar surface area (TPSA) is 72.8 Å². The summed E-state index contributed by atoms with van der Waals surface area (Å²) in [4.78, 5) is 13.8. The molecule has 1 rings (SSSR count). The largest absolute Gasteiger partial charge is 0.508 e. The van der Waals surface area contributed by atoms with Crippen molar-refractivity contribution in [3.05, 3.63) is 60.2 Å². The van der Waals surface area contributed by atoms with E-state index in [1.54, 1.807) is 18.2 Å². The van der Waals surface area contributed by atoms with Gasteiger partial charge in [0.15, 0.2) is 0 Å². The van der Waals surface area contributed by atoms with E-state index in [9.17, 15) is 15.0 Å². The molecule has 3 N–H and O–H groups in total. The van der Waals surface area contributed by atoms with Gasteiger partial charge in [-0.2, -0.15) is 0 Å². The quantitative estimate of drug-likeness (QED) is 0.476. The Morgan fingerprint density at radius 1 is 1.24 bits per heavy atom. The Labute approximate surface area is 150 Å². The summed E-state index contributed by atoms with van der Waals surface area (Å²) in [7, 11) is 1.91. The molecule has 25 heavy (non-hydrogen) atoms.